The Labute approximate surface area is 107 Å². The van der Waals surface area contributed by atoms with Crippen molar-refractivity contribution >= 4 is 21.8 Å². The van der Waals surface area contributed by atoms with Crippen molar-refractivity contribution < 1.29 is 4.79 Å². The van der Waals surface area contributed by atoms with E-state index in [0.29, 0.717) is 17.9 Å². The smallest absolute Gasteiger partial charge is 0.252 e. The Bertz CT molecular complexity index is 538. The van der Waals surface area contributed by atoms with Crippen molar-refractivity contribution in [3.63, 3.8) is 0 Å². The maximum absolute atomic E-state index is 11.8. The zero-order chi connectivity index (χ0) is 12.3. The third-order valence-corrected chi connectivity index (χ3v) is 2.86. The molecule has 0 bridgehead atoms. The number of aryl methyl sites for hydroxylation is 1. The summed E-state index contributed by atoms with van der Waals surface area (Å²) in [4.78, 5) is 15.9. The topological polar surface area (TPSA) is 59.8 Å². The standard InChI is InChI=1S/C11H11BrN4O/c1-16-7-14-10(15-16)6-13-11(17)8-4-2-3-5-9(8)12/h2-5,7H,6H2,1H3,(H,13,17). The number of benzene rings is 1. The highest BCUT2D eigenvalue weighted by atomic mass is 79.9. The molecule has 17 heavy (non-hydrogen) atoms. The molecule has 1 aromatic carbocycles. The summed E-state index contributed by atoms with van der Waals surface area (Å²) in [5, 5.41) is 6.84. The van der Waals surface area contributed by atoms with Gasteiger partial charge in [-0.05, 0) is 28.1 Å². The highest BCUT2D eigenvalue weighted by molar-refractivity contribution is 9.10. The van der Waals surface area contributed by atoms with Crippen LogP contribution in [0.5, 0.6) is 0 Å². The number of nitrogens with zero attached hydrogens (tertiary/aromatic N) is 3. The molecule has 0 aliphatic rings. The quantitative estimate of drug-likeness (QED) is 0.933. The van der Waals surface area contributed by atoms with Crippen LogP contribution < -0.4 is 5.32 Å². The van der Waals surface area contributed by atoms with E-state index < -0.39 is 0 Å². The van der Waals surface area contributed by atoms with E-state index in [9.17, 15) is 4.79 Å². The average Bonchev–Trinajstić information content (AvgIpc) is 2.73. The molecule has 1 amide bonds. The van der Waals surface area contributed by atoms with E-state index in [-0.39, 0.29) is 5.91 Å². The van der Waals surface area contributed by atoms with Crippen LogP contribution in [-0.4, -0.2) is 20.7 Å². The van der Waals surface area contributed by atoms with Crippen LogP contribution in [0.4, 0.5) is 0 Å². The number of hydrogen-bond acceptors (Lipinski definition) is 3. The van der Waals surface area contributed by atoms with Gasteiger partial charge in [-0.1, -0.05) is 12.1 Å². The highest BCUT2D eigenvalue weighted by Gasteiger charge is 2.09. The molecule has 0 saturated heterocycles. The molecule has 0 saturated carbocycles. The van der Waals surface area contributed by atoms with E-state index in [2.05, 4.69) is 31.3 Å². The maximum atomic E-state index is 11.8. The van der Waals surface area contributed by atoms with E-state index in [4.69, 9.17) is 0 Å². The third kappa shape index (κ3) is 2.91. The molecule has 0 fully saturated rings. The summed E-state index contributed by atoms with van der Waals surface area (Å²) in [6, 6.07) is 7.26. The molecular weight excluding hydrogens is 284 g/mol. The van der Waals surface area contributed by atoms with Crippen molar-refractivity contribution in [2.45, 2.75) is 6.54 Å². The molecule has 2 rings (SSSR count). The molecule has 88 valence electrons. The lowest BCUT2D eigenvalue weighted by atomic mass is 10.2. The van der Waals surface area contributed by atoms with Crippen LogP contribution in [-0.2, 0) is 13.6 Å². The van der Waals surface area contributed by atoms with Gasteiger partial charge in [-0.15, -0.1) is 0 Å². The average molecular weight is 295 g/mol. The first-order valence-corrected chi connectivity index (χ1v) is 5.83. The molecule has 0 atom stereocenters. The molecule has 6 heteroatoms. The number of halogens is 1. The van der Waals surface area contributed by atoms with Gasteiger partial charge in [-0.2, -0.15) is 5.10 Å². The molecule has 5 nitrogen and oxygen atoms in total. The van der Waals surface area contributed by atoms with Crippen LogP contribution in [0.15, 0.2) is 35.1 Å². The van der Waals surface area contributed by atoms with Gasteiger partial charge in [0.1, 0.15) is 6.33 Å². The number of hydrogen-bond donors (Lipinski definition) is 1. The van der Waals surface area contributed by atoms with Gasteiger partial charge in [0.05, 0.1) is 12.1 Å². The van der Waals surface area contributed by atoms with Crippen LogP contribution in [0.1, 0.15) is 16.2 Å². The van der Waals surface area contributed by atoms with E-state index in [1.54, 1.807) is 24.1 Å². The Balaban J connectivity index is 2.01. The largest absolute Gasteiger partial charge is 0.345 e. The van der Waals surface area contributed by atoms with Crippen molar-refractivity contribution in [1.29, 1.82) is 0 Å². The fraction of sp³-hybridized carbons (Fsp3) is 0.182. The second-order valence-electron chi connectivity index (χ2n) is 3.50. The molecule has 1 heterocycles. The van der Waals surface area contributed by atoms with Crippen LogP contribution in [0.3, 0.4) is 0 Å². The predicted molar refractivity (Wildman–Crippen MR) is 66.3 cm³/mol. The Morgan fingerprint density at radius 1 is 1.47 bits per heavy atom. The van der Waals surface area contributed by atoms with Gasteiger partial charge in [0.15, 0.2) is 5.82 Å². The number of aromatic nitrogens is 3. The maximum Gasteiger partial charge on any atom is 0.252 e. The minimum atomic E-state index is -0.148. The summed E-state index contributed by atoms with van der Waals surface area (Å²) in [6.45, 7) is 0.320. The first-order chi connectivity index (χ1) is 8.16. The van der Waals surface area contributed by atoms with Gasteiger partial charge >= 0.3 is 0 Å². The lowest BCUT2D eigenvalue weighted by Crippen LogP contribution is -2.23. The number of nitrogens with one attached hydrogen (secondary N) is 1. The summed E-state index contributed by atoms with van der Waals surface area (Å²) >= 11 is 3.33. The van der Waals surface area contributed by atoms with Crippen molar-refractivity contribution in [3.8, 4) is 0 Å². The summed E-state index contributed by atoms with van der Waals surface area (Å²) in [5.41, 5.74) is 0.600. The van der Waals surface area contributed by atoms with E-state index in [1.807, 2.05) is 18.2 Å². The first kappa shape index (κ1) is 11.8. The number of carbonyl (C=O) groups is 1. The van der Waals surface area contributed by atoms with Gasteiger partial charge < -0.3 is 5.32 Å². The second-order valence-corrected chi connectivity index (χ2v) is 4.35. The monoisotopic (exact) mass is 294 g/mol. The number of carbonyl (C=O) groups excluding carboxylic acids is 1. The van der Waals surface area contributed by atoms with Crippen LogP contribution in [0, 0.1) is 0 Å². The van der Waals surface area contributed by atoms with E-state index in [0.717, 1.165) is 4.47 Å². The molecule has 2 aromatic rings. The fourth-order valence-electron chi connectivity index (χ4n) is 1.36. The van der Waals surface area contributed by atoms with Crippen LogP contribution in [0.2, 0.25) is 0 Å². The van der Waals surface area contributed by atoms with Gasteiger partial charge in [-0.25, -0.2) is 4.98 Å². The molecule has 0 unspecified atom stereocenters. The normalized spacial score (nSPS) is 10.2. The molecule has 0 spiro atoms. The number of rotatable bonds is 3. The minimum Gasteiger partial charge on any atom is -0.345 e. The summed E-state index contributed by atoms with van der Waals surface area (Å²) < 4.78 is 2.37. The zero-order valence-corrected chi connectivity index (χ0v) is 10.8. The van der Waals surface area contributed by atoms with Crippen molar-refractivity contribution in [1.82, 2.24) is 20.1 Å². The third-order valence-electron chi connectivity index (χ3n) is 2.17. The Morgan fingerprint density at radius 2 is 2.24 bits per heavy atom. The lowest BCUT2D eigenvalue weighted by molar-refractivity contribution is 0.0949. The SMILES string of the molecule is Cn1cnc(CNC(=O)c2ccccc2Br)n1. The molecular formula is C11H11BrN4O. The molecule has 1 N–H and O–H groups in total. The molecule has 0 aliphatic heterocycles. The molecule has 1 aromatic heterocycles. The van der Waals surface area contributed by atoms with Gasteiger partial charge in [-0.3, -0.25) is 9.48 Å². The zero-order valence-electron chi connectivity index (χ0n) is 9.22. The van der Waals surface area contributed by atoms with Crippen molar-refractivity contribution in [3.05, 3.63) is 46.5 Å². The highest BCUT2D eigenvalue weighted by Crippen LogP contribution is 2.15. The van der Waals surface area contributed by atoms with E-state index >= 15 is 0 Å². The van der Waals surface area contributed by atoms with Crippen molar-refractivity contribution in [2.75, 3.05) is 0 Å². The fourth-order valence-corrected chi connectivity index (χ4v) is 1.83. The lowest BCUT2D eigenvalue weighted by Gasteiger charge is -2.04. The van der Waals surface area contributed by atoms with E-state index in [1.165, 1.54) is 0 Å². The summed E-state index contributed by atoms with van der Waals surface area (Å²) in [5.74, 6) is 0.442. The van der Waals surface area contributed by atoms with Gasteiger partial charge in [0.2, 0.25) is 0 Å². The van der Waals surface area contributed by atoms with Crippen molar-refractivity contribution in [2.24, 2.45) is 7.05 Å². The Kier molecular flexibility index (Phi) is 3.53. The minimum absolute atomic E-state index is 0.148. The predicted octanol–water partition coefficient (Wildman–Crippen LogP) is 1.51. The summed E-state index contributed by atoms with van der Waals surface area (Å²) in [6.07, 6.45) is 1.60. The Hall–Kier alpha value is -1.69. The molecule has 0 radical (unpaired) electrons. The second kappa shape index (κ2) is 5.09. The Morgan fingerprint density at radius 3 is 2.88 bits per heavy atom. The van der Waals surface area contributed by atoms with Gasteiger partial charge in [0.25, 0.3) is 5.91 Å². The van der Waals surface area contributed by atoms with Crippen LogP contribution in [0.25, 0.3) is 0 Å². The molecule has 0 aliphatic carbocycles. The summed E-state index contributed by atoms with van der Waals surface area (Å²) in [7, 11) is 1.78. The van der Waals surface area contributed by atoms with Gasteiger partial charge in [0, 0.05) is 11.5 Å². The number of amides is 1. The van der Waals surface area contributed by atoms with Crippen LogP contribution >= 0.6 is 15.9 Å². The first-order valence-electron chi connectivity index (χ1n) is 5.04.